The summed E-state index contributed by atoms with van der Waals surface area (Å²) in [5, 5.41) is 3.34. The Bertz CT molecular complexity index is 1000. The van der Waals surface area contributed by atoms with Gasteiger partial charge in [0.25, 0.3) is 0 Å². The predicted molar refractivity (Wildman–Crippen MR) is 250 cm³/mol. The topological polar surface area (TPSA) is 32.3 Å². The fraction of sp³-hybridized carbons (Fsp3) is 0.981. The van der Waals surface area contributed by atoms with E-state index in [4.69, 9.17) is 0 Å². The van der Waals surface area contributed by atoms with Crippen molar-refractivity contribution in [3.05, 3.63) is 0 Å². The second-order valence-corrected chi connectivity index (χ2v) is 21.6. The Morgan fingerprint density at radius 3 is 1.63 bits per heavy atom. The first-order chi connectivity index (χ1) is 27.8. The summed E-state index contributed by atoms with van der Waals surface area (Å²) in [4.78, 5) is 15.8. The summed E-state index contributed by atoms with van der Waals surface area (Å²) in [7, 11) is 0. The quantitative estimate of drug-likeness (QED) is 0.0671. The third kappa shape index (κ3) is 16.3. The van der Waals surface area contributed by atoms with Crippen molar-refractivity contribution in [1.82, 2.24) is 10.2 Å². The van der Waals surface area contributed by atoms with Gasteiger partial charge in [-0.15, -0.1) is 0 Å². The molecule has 4 rings (SSSR count). The standard InChI is InChI=1S/C54H102N2O/c1-6-8-10-12-14-16-18-20-23-29-43-56(44-30-24-21-19-17-15-13-11-9-7-2)45-31-25-22-28-42-55-52(57)38-33-46(3)49-36-37-50-48-35-34-47-32-26-27-40-53(47,4)51(48)39-41-54(49,50)5/h46-51H,6-45H2,1-5H3,(H,55,57). The average molecular weight is 795 g/mol. The van der Waals surface area contributed by atoms with Crippen LogP contribution in [0.15, 0.2) is 0 Å². The largest absolute Gasteiger partial charge is 0.356 e. The van der Waals surface area contributed by atoms with Crippen LogP contribution in [0.4, 0.5) is 0 Å². The highest BCUT2D eigenvalue weighted by Crippen LogP contribution is 2.68. The molecule has 4 aliphatic rings. The second-order valence-electron chi connectivity index (χ2n) is 21.6. The van der Waals surface area contributed by atoms with Crippen molar-refractivity contribution in [1.29, 1.82) is 0 Å². The van der Waals surface area contributed by atoms with E-state index in [1.54, 1.807) is 0 Å². The Morgan fingerprint density at radius 2 is 1.07 bits per heavy atom. The molecule has 0 aromatic rings. The van der Waals surface area contributed by atoms with Gasteiger partial charge in [0, 0.05) is 13.0 Å². The van der Waals surface area contributed by atoms with Crippen LogP contribution in [0, 0.1) is 46.3 Å². The molecule has 1 amide bonds. The van der Waals surface area contributed by atoms with Gasteiger partial charge in [0.2, 0.25) is 5.91 Å². The molecule has 0 aromatic carbocycles. The zero-order valence-corrected chi connectivity index (χ0v) is 39.6. The Labute approximate surface area is 358 Å². The van der Waals surface area contributed by atoms with Crippen LogP contribution in [0.1, 0.15) is 266 Å². The molecule has 3 nitrogen and oxygen atoms in total. The molecule has 0 aromatic heterocycles. The van der Waals surface area contributed by atoms with E-state index in [9.17, 15) is 4.79 Å². The van der Waals surface area contributed by atoms with Crippen molar-refractivity contribution in [2.75, 3.05) is 26.2 Å². The lowest BCUT2D eigenvalue weighted by molar-refractivity contribution is -0.122. The minimum Gasteiger partial charge on any atom is -0.356 e. The third-order valence-electron chi connectivity index (χ3n) is 17.5. The van der Waals surface area contributed by atoms with Crippen molar-refractivity contribution < 1.29 is 4.79 Å². The van der Waals surface area contributed by atoms with Crippen LogP contribution in [0.2, 0.25) is 0 Å². The van der Waals surface area contributed by atoms with Crippen molar-refractivity contribution in [3.63, 3.8) is 0 Å². The van der Waals surface area contributed by atoms with E-state index in [1.165, 1.54) is 232 Å². The lowest BCUT2D eigenvalue weighted by atomic mass is 9.44. The van der Waals surface area contributed by atoms with Crippen LogP contribution >= 0.6 is 0 Å². The molecule has 57 heavy (non-hydrogen) atoms. The first kappa shape index (κ1) is 49.1. The second kappa shape index (κ2) is 28.1. The van der Waals surface area contributed by atoms with Gasteiger partial charge >= 0.3 is 0 Å². The summed E-state index contributed by atoms with van der Waals surface area (Å²) in [5.41, 5.74) is 1.16. The number of hydrogen-bond donors (Lipinski definition) is 1. The highest BCUT2D eigenvalue weighted by molar-refractivity contribution is 5.75. The van der Waals surface area contributed by atoms with Crippen LogP contribution in [-0.2, 0) is 4.79 Å². The molecule has 0 radical (unpaired) electrons. The van der Waals surface area contributed by atoms with Gasteiger partial charge < -0.3 is 10.2 Å². The van der Waals surface area contributed by atoms with Crippen molar-refractivity contribution in [2.24, 2.45) is 46.3 Å². The van der Waals surface area contributed by atoms with E-state index in [0.29, 0.717) is 22.7 Å². The zero-order valence-electron chi connectivity index (χ0n) is 39.6. The van der Waals surface area contributed by atoms with E-state index in [-0.39, 0.29) is 0 Å². The molecule has 0 saturated heterocycles. The molecule has 334 valence electrons. The molecule has 0 aliphatic heterocycles. The van der Waals surface area contributed by atoms with Crippen molar-refractivity contribution in [3.8, 4) is 0 Å². The highest BCUT2D eigenvalue weighted by atomic mass is 16.1. The van der Waals surface area contributed by atoms with Crippen LogP contribution in [0.3, 0.4) is 0 Å². The van der Waals surface area contributed by atoms with E-state index >= 15 is 0 Å². The first-order valence-corrected chi connectivity index (χ1v) is 26.8. The van der Waals surface area contributed by atoms with Crippen LogP contribution in [-0.4, -0.2) is 37.0 Å². The Balaban J connectivity index is 1.05. The number of nitrogens with zero attached hydrogens (tertiary/aromatic N) is 1. The molecule has 4 fully saturated rings. The average Bonchev–Trinajstić information content (AvgIpc) is 3.57. The summed E-state index contributed by atoms with van der Waals surface area (Å²) in [6.07, 6.45) is 50.2. The lowest BCUT2D eigenvalue weighted by Gasteiger charge is -2.61. The van der Waals surface area contributed by atoms with E-state index in [1.807, 2.05) is 0 Å². The number of carbonyl (C=O) groups excluding carboxylic acids is 1. The number of fused-ring (bicyclic) bond motifs is 5. The SMILES string of the molecule is CCCCCCCCCCCCN(CCCCCCCCCCCC)CCCCCCNC(=O)CCC(C)C1CCC2C3CCC4CCCCC4(C)C3CCC12C. The summed E-state index contributed by atoms with van der Waals surface area (Å²) in [5.74, 6) is 5.76. The Hall–Kier alpha value is -0.570. The van der Waals surface area contributed by atoms with Gasteiger partial charge in [-0.05, 0) is 149 Å². The number of hydrogen-bond acceptors (Lipinski definition) is 2. The van der Waals surface area contributed by atoms with Gasteiger partial charge in [-0.2, -0.15) is 0 Å². The van der Waals surface area contributed by atoms with Crippen LogP contribution in [0.25, 0.3) is 0 Å². The van der Waals surface area contributed by atoms with E-state index < -0.39 is 0 Å². The minimum absolute atomic E-state index is 0.313. The molecule has 4 saturated carbocycles. The summed E-state index contributed by atoms with van der Waals surface area (Å²) in [6, 6.07) is 0. The smallest absolute Gasteiger partial charge is 0.220 e. The third-order valence-corrected chi connectivity index (χ3v) is 17.5. The van der Waals surface area contributed by atoms with Gasteiger partial charge in [0.1, 0.15) is 0 Å². The molecule has 1 N–H and O–H groups in total. The molecular formula is C54H102N2O. The lowest BCUT2D eigenvalue weighted by Crippen LogP contribution is -2.53. The fourth-order valence-electron chi connectivity index (χ4n) is 13.9. The van der Waals surface area contributed by atoms with Crippen LogP contribution in [0.5, 0.6) is 0 Å². The van der Waals surface area contributed by atoms with Gasteiger partial charge in [0.15, 0.2) is 0 Å². The molecule has 0 spiro atoms. The van der Waals surface area contributed by atoms with Gasteiger partial charge in [-0.25, -0.2) is 0 Å². The predicted octanol–water partition coefficient (Wildman–Crippen LogP) is 16.3. The number of carbonyl (C=O) groups is 1. The van der Waals surface area contributed by atoms with Gasteiger partial charge in [0.05, 0.1) is 0 Å². The highest BCUT2D eigenvalue weighted by Gasteiger charge is 2.60. The van der Waals surface area contributed by atoms with Gasteiger partial charge in [-0.1, -0.05) is 176 Å². The molecule has 4 aliphatic carbocycles. The summed E-state index contributed by atoms with van der Waals surface area (Å²) >= 11 is 0. The maximum absolute atomic E-state index is 13.0. The molecule has 8 atom stereocenters. The number of amides is 1. The maximum atomic E-state index is 13.0. The zero-order chi connectivity index (χ0) is 40.6. The van der Waals surface area contributed by atoms with Crippen molar-refractivity contribution in [2.45, 2.75) is 266 Å². The van der Waals surface area contributed by atoms with E-state index in [2.05, 4.69) is 44.8 Å². The molecular weight excluding hydrogens is 693 g/mol. The summed E-state index contributed by atoms with van der Waals surface area (Å²) in [6.45, 7) is 17.3. The minimum atomic E-state index is 0.313. The number of rotatable bonds is 33. The summed E-state index contributed by atoms with van der Waals surface area (Å²) < 4.78 is 0. The monoisotopic (exact) mass is 795 g/mol. The van der Waals surface area contributed by atoms with Crippen molar-refractivity contribution >= 4 is 5.91 Å². The van der Waals surface area contributed by atoms with Gasteiger partial charge in [-0.3, -0.25) is 4.79 Å². The Morgan fingerprint density at radius 1 is 0.561 bits per heavy atom. The maximum Gasteiger partial charge on any atom is 0.220 e. The molecule has 8 unspecified atom stereocenters. The number of nitrogens with one attached hydrogen (secondary N) is 1. The molecule has 3 heteroatoms. The fourth-order valence-corrected chi connectivity index (χ4v) is 13.9. The Kier molecular flexibility index (Phi) is 24.2. The van der Waals surface area contributed by atoms with E-state index in [0.717, 1.165) is 55.4 Å². The molecule has 0 heterocycles. The first-order valence-electron chi connectivity index (χ1n) is 26.8. The van der Waals surface area contributed by atoms with Crippen LogP contribution < -0.4 is 5.32 Å². The number of unbranched alkanes of at least 4 members (excludes halogenated alkanes) is 21. The molecule has 0 bridgehead atoms. The normalized spacial score (nSPS) is 28.9.